The first-order chi connectivity index (χ1) is 6.59. The number of aliphatic hydroxyl groups is 1. The molecule has 0 spiro atoms. The molecule has 2 unspecified atom stereocenters. The van der Waals surface area contributed by atoms with Crippen LogP contribution >= 0.6 is 0 Å². The third kappa shape index (κ3) is 3.64. The molecule has 1 heterocycles. The van der Waals surface area contributed by atoms with Crippen LogP contribution in [-0.4, -0.2) is 36.4 Å². The lowest BCUT2D eigenvalue weighted by molar-refractivity contribution is -0.148. The number of carbonyl (C=O) groups is 1. The lowest BCUT2D eigenvalue weighted by Gasteiger charge is -2.25. The van der Waals surface area contributed by atoms with Crippen LogP contribution in [0.1, 0.15) is 26.7 Å². The number of piperidine rings is 1. The molecule has 0 bridgehead atoms. The highest BCUT2D eigenvalue weighted by atomic mass is 16.5. The number of hydrogen-bond donors (Lipinski definition) is 2. The molecule has 0 aromatic carbocycles. The fraction of sp³-hybridized carbons (Fsp3) is 0.900. The number of carbonyl (C=O) groups excluding carboxylic acids is 1. The number of rotatable bonds is 3. The molecule has 1 aliphatic rings. The lowest BCUT2D eigenvalue weighted by Crippen LogP contribution is -2.46. The Morgan fingerprint density at radius 3 is 2.79 bits per heavy atom. The van der Waals surface area contributed by atoms with Gasteiger partial charge in [-0.2, -0.15) is 0 Å². The third-order valence-electron chi connectivity index (χ3n) is 2.23. The van der Waals surface area contributed by atoms with E-state index >= 15 is 0 Å². The molecule has 4 nitrogen and oxygen atoms in total. The standard InChI is InChI=1S/C10H19NO3/c1-7(2)6-14-10(13)9-4-3-8(12)5-11-9/h7-9,11-12H,3-6H2,1-2H3. The SMILES string of the molecule is CC(C)COC(=O)C1CCC(O)CN1. The zero-order chi connectivity index (χ0) is 10.6. The van der Waals surface area contributed by atoms with Crippen LogP contribution in [0, 0.1) is 5.92 Å². The van der Waals surface area contributed by atoms with Crippen LogP contribution in [0.2, 0.25) is 0 Å². The summed E-state index contributed by atoms with van der Waals surface area (Å²) in [6.45, 7) is 4.97. The number of β-amino-alcohol motifs (C(OH)–C–C–N with tert-alkyl or cyclic N) is 1. The molecule has 0 saturated carbocycles. The third-order valence-corrected chi connectivity index (χ3v) is 2.23. The number of esters is 1. The van der Waals surface area contributed by atoms with Crippen molar-refractivity contribution in [2.75, 3.05) is 13.2 Å². The maximum absolute atomic E-state index is 11.4. The van der Waals surface area contributed by atoms with Gasteiger partial charge in [0.05, 0.1) is 12.7 Å². The summed E-state index contributed by atoms with van der Waals surface area (Å²) in [5, 5.41) is 12.2. The summed E-state index contributed by atoms with van der Waals surface area (Å²) < 4.78 is 5.10. The van der Waals surface area contributed by atoms with Crippen LogP contribution < -0.4 is 5.32 Å². The molecule has 1 rings (SSSR count). The Hall–Kier alpha value is -0.610. The first-order valence-corrected chi connectivity index (χ1v) is 5.17. The van der Waals surface area contributed by atoms with Crippen molar-refractivity contribution in [3.05, 3.63) is 0 Å². The highest BCUT2D eigenvalue weighted by Crippen LogP contribution is 2.09. The summed E-state index contributed by atoms with van der Waals surface area (Å²) >= 11 is 0. The number of aliphatic hydroxyl groups excluding tert-OH is 1. The molecule has 14 heavy (non-hydrogen) atoms. The van der Waals surface area contributed by atoms with Crippen molar-refractivity contribution in [3.8, 4) is 0 Å². The minimum atomic E-state index is -0.316. The van der Waals surface area contributed by atoms with Crippen molar-refractivity contribution in [2.45, 2.75) is 38.8 Å². The van der Waals surface area contributed by atoms with Gasteiger partial charge in [0.2, 0.25) is 0 Å². The fourth-order valence-electron chi connectivity index (χ4n) is 1.39. The molecule has 0 aliphatic carbocycles. The average Bonchev–Trinajstić information content (AvgIpc) is 2.15. The molecule has 0 radical (unpaired) electrons. The van der Waals surface area contributed by atoms with Gasteiger partial charge in [-0.25, -0.2) is 0 Å². The summed E-state index contributed by atoms with van der Waals surface area (Å²) in [6, 6.07) is -0.225. The van der Waals surface area contributed by atoms with Crippen molar-refractivity contribution < 1.29 is 14.6 Å². The van der Waals surface area contributed by atoms with Crippen molar-refractivity contribution in [1.82, 2.24) is 5.32 Å². The monoisotopic (exact) mass is 201 g/mol. The zero-order valence-corrected chi connectivity index (χ0v) is 8.82. The Bertz CT molecular complexity index is 186. The quantitative estimate of drug-likeness (QED) is 0.645. The van der Waals surface area contributed by atoms with Crippen molar-refractivity contribution >= 4 is 5.97 Å². The van der Waals surface area contributed by atoms with Crippen molar-refractivity contribution in [1.29, 1.82) is 0 Å². The molecule has 1 saturated heterocycles. The normalized spacial score (nSPS) is 27.7. The fourth-order valence-corrected chi connectivity index (χ4v) is 1.39. The predicted octanol–water partition coefficient (Wildman–Crippen LogP) is 0.299. The summed E-state index contributed by atoms with van der Waals surface area (Å²) in [7, 11) is 0. The molecule has 0 amide bonds. The Balaban J connectivity index is 2.24. The Morgan fingerprint density at radius 2 is 2.29 bits per heavy atom. The first-order valence-electron chi connectivity index (χ1n) is 5.17. The zero-order valence-electron chi connectivity index (χ0n) is 8.82. The van der Waals surface area contributed by atoms with Crippen LogP contribution in [0.3, 0.4) is 0 Å². The molecule has 2 N–H and O–H groups in total. The second-order valence-electron chi connectivity index (χ2n) is 4.22. The van der Waals surface area contributed by atoms with Gasteiger partial charge in [-0.1, -0.05) is 13.8 Å². The van der Waals surface area contributed by atoms with Crippen LogP contribution in [0.4, 0.5) is 0 Å². The van der Waals surface area contributed by atoms with Crippen molar-refractivity contribution in [3.63, 3.8) is 0 Å². The van der Waals surface area contributed by atoms with E-state index in [-0.39, 0.29) is 18.1 Å². The van der Waals surface area contributed by atoms with Crippen LogP contribution in [0.25, 0.3) is 0 Å². The number of ether oxygens (including phenoxy) is 1. The predicted molar refractivity (Wildman–Crippen MR) is 52.8 cm³/mol. The molecule has 0 aromatic heterocycles. The average molecular weight is 201 g/mol. The maximum atomic E-state index is 11.4. The van der Waals surface area contributed by atoms with E-state index in [1.807, 2.05) is 13.8 Å². The summed E-state index contributed by atoms with van der Waals surface area (Å²) in [5.74, 6) is 0.179. The van der Waals surface area contributed by atoms with Crippen LogP contribution in [0.15, 0.2) is 0 Å². The number of hydrogen-bond acceptors (Lipinski definition) is 4. The number of nitrogens with one attached hydrogen (secondary N) is 1. The summed E-state index contributed by atoms with van der Waals surface area (Å²) in [4.78, 5) is 11.4. The van der Waals surface area contributed by atoms with Gasteiger partial charge in [0.1, 0.15) is 6.04 Å². The topological polar surface area (TPSA) is 58.6 Å². The van der Waals surface area contributed by atoms with Gasteiger partial charge < -0.3 is 15.2 Å². The second kappa shape index (κ2) is 5.32. The van der Waals surface area contributed by atoms with Gasteiger partial charge in [0.15, 0.2) is 0 Å². The first kappa shape index (κ1) is 11.5. The van der Waals surface area contributed by atoms with Gasteiger partial charge >= 0.3 is 5.97 Å². The highest BCUT2D eigenvalue weighted by Gasteiger charge is 2.25. The molecule has 0 aromatic rings. The molecule has 1 aliphatic heterocycles. The van der Waals surface area contributed by atoms with Crippen LogP contribution in [-0.2, 0) is 9.53 Å². The molecule has 2 atom stereocenters. The Labute approximate surface area is 84.6 Å². The molecule has 1 fully saturated rings. The van der Waals surface area contributed by atoms with Crippen LogP contribution in [0.5, 0.6) is 0 Å². The largest absolute Gasteiger partial charge is 0.464 e. The summed E-state index contributed by atoms with van der Waals surface area (Å²) in [6.07, 6.45) is 1.02. The van der Waals surface area contributed by atoms with E-state index in [9.17, 15) is 9.90 Å². The van der Waals surface area contributed by atoms with E-state index in [0.717, 1.165) is 0 Å². The minimum Gasteiger partial charge on any atom is -0.464 e. The van der Waals surface area contributed by atoms with E-state index in [1.165, 1.54) is 0 Å². The van der Waals surface area contributed by atoms with E-state index in [1.54, 1.807) is 0 Å². The van der Waals surface area contributed by atoms with Gasteiger partial charge in [-0.05, 0) is 18.8 Å². The lowest BCUT2D eigenvalue weighted by atomic mass is 10.0. The van der Waals surface area contributed by atoms with Gasteiger partial charge in [-0.15, -0.1) is 0 Å². The Morgan fingerprint density at radius 1 is 1.57 bits per heavy atom. The van der Waals surface area contributed by atoms with Gasteiger partial charge in [0.25, 0.3) is 0 Å². The van der Waals surface area contributed by atoms with Crippen molar-refractivity contribution in [2.24, 2.45) is 5.92 Å². The van der Waals surface area contributed by atoms with E-state index in [0.29, 0.717) is 31.9 Å². The minimum absolute atomic E-state index is 0.189. The van der Waals surface area contributed by atoms with E-state index in [2.05, 4.69) is 5.32 Å². The molecular formula is C10H19NO3. The Kier molecular flexibility index (Phi) is 4.35. The van der Waals surface area contributed by atoms with E-state index in [4.69, 9.17) is 4.74 Å². The van der Waals surface area contributed by atoms with E-state index < -0.39 is 0 Å². The molecular weight excluding hydrogens is 182 g/mol. The second-order valence-corrected chi connectivity index (χ2v) is 4.22. The van der Waals surface area contributed by atoms with Gasteiger partial charge in [-0.3, -0.25) is 4.79 Å². The maximum Gasteiger partial charge on any atom is 0.323 e. The molecule has 82 valence electrons. The smallest absolute Gasteiger partial charge is 0.323 e. The summed E-state index contributed by atoms with van der Waals surface area (Å²) in [5.41, 5.74) is 0. The van der Waals surface area contributed by atoms with Gasteiger partial charge in [0, 0.05) is 6.54 Å². The molecule has 4 heteroatoms. The highest BCUT2D eigenvalue weighted by molar-refractivity contribution is 5.75.